The van der Waals surface area contributed by atoms with E-state index in [1.165, 1.54) is 0 Å². The fourth-order valence-corrected chi connectivity index (χ4v) is 2.47. The molecule has 2 rings (SSSR count). The van der Waals surface area contributed by atoms with Crippen LogP contribution in [0.25, 0.3) is 0 Å². The Morgan fingerprint density at radius 1 is 1.14 bits per heavy atom. The number of benzene rings is 2. The molecule has 0 aromatic heterocycles. The Morgan fingerprint density at radius 2 is 1.91 bits per heavy atom. The normalized spacial score (nSPS) is 10.4. The zero-order valence-electron chi connectivity index (χ0n) is 13.1. The first kappa shape index (κ1) is 16.4. The molecule has 0 fully saturated rings. The average Bonchev–Trinajstić information content (AvgIpc) is 2.49. The second-order valence-corrected chi connectivity index (χ2v) is 5.75. The first-order valence-electron chi connectivity index (χ1n) is 7.19. The fourth-order valence-electron chi connectivity index (χ4n) is 2.30. The van der Waals surface area contributed by atoms with Gasteiger partial charge in [0.25, 0.3) is 0 Å². The molecule has 0 saturated carbocycles. The molecule has 0 unspecified atom stereocenters. The first-order chi connectivity index (χ1) is 10.5. The molecule has 22 heavy (non-hydrogen) atoms. The molecule has 4 heteroatoms. The molecular weight excluding hydrogens is 298 g/mol. The Labute approximate surface area is 136 Å². The number of nitrogens with one attached hydrogen (secondary N) is 1. The van der Waals surface area contributed by atoms with Crippen LogP contribution in [0.4, 0.5) is 5.69 Å². The molecule has 0 aliphatic heterocycles. The van der Waals surface area contributed by atoms with Gasteiger partial charge in [-0.3, -0.25) is 4.79 Å². The number of aryl methyl sites for hydroxylation is 3. The van der Waals surface area contributed by atoms with Crippen LogP contribution >= 0.6 is 11.6 Å². The number of anilines is 1. The van der Waals surface area contributed by atoms with Gasteiger partial charge >= 0.3 is 0 Å². The third-order valence-corrected chi connectivity index (χ3v) is 3.81. The van der Waals surface area contributed by atoms with E-state index in [0.717, 1.165) is 28.1 Å². The summed E-state index contributed by atoms with van der Waals surface area (Å²) < 4.78 is 5.24. The monoisotopic (exact) mass is 317 g/mol. The summed E-state index contributed by atoms with van der Waals surface area (Å²) in [7, 11) is 1.66. The van der Waals surface area contributed by atoms with Gasteiger partial charge in [-0.15, -0.1) is 0 Å². The summed E-state index contributed by atoms with van der Waals surface area (Å²) in [6.45, 7) is 3.94. The van der Waals surface area contributed by atoms with Crippen LogP contribution < -0.4 is 10.1 Å². The highest BCUT2D eigenvalue weighted by Crippen LogP contribution is 2.21. The lowest BCUT2D eigenvalue weighted by molar-refractivity contribution is -0.116. The largest absolute Gasteiger partial charge is 0.496 e. The highest BCUT2D eigenvalue weighted by atomic mass is 35.5. The highest BCUT2D eigenvalue weighted by molar-refractivity contribution is 6.31. The summed E-state index contributed by atoms with van der Waals surface area (Å²) in [6, 6.07) is 11.5. The average molecular weight is 318 g/mol. The molecule has 3 nitrogen and oxygen atoms in total. The second-order valence-electron chi connectivity index (χ2n) is 5.31. The minimum atomic E-state index is -0.0150. The predicted octanol–water partition coefficient (Wildman–Crippen LogP) is 4.54. The van der Waals surface area contributed by atoms with Crippen LogP contribution in [-0.4, -0.2) is 13.0 Å². The summed E-state index contributed by atoms with van der Waals surface area (Å²) in [5.74, 6) is 0.849. The van der Waals surface area contributed by atoms with Gasteiger partial charge in [-0.1, -0.05) is 29.8 Å². The molecule has 2 aromatic rings. The SMILES string of the molecule is COc1ccc(CCC(=O)Nc2cc(Cl)ccc2C)cc1C. The maximum atomic E-state index is 12.1. The van der Waals surface area contributed by atoms with E-state index in [0.29, 0.717) is 17.9 Å². The van der Waals surface area contributed by atoms with Gasteiger partial charge in [0.15, 0.2) is 0 Å². The maximum absolute atomic E-state index is 12.1. The van der Waals surface area contributed by atoms with Crippen molar-refractivity contribution in [2.75, 3.05) is 12.4 Å². The third kappa shape index (κ3) is 4.25. The van der Waals surface area contributed by atoms with E-state index in [1.807, 2.05) is 38.1 Å². The molecule has 0 bridgehead atoms. The van der Waals surface area contributed by atoms with E-state index in [-0.39, 0.29) is 5.91 Å². The molecule has 1 amide bonds. The number of carbonyl (C=O) groups is 1. The van der Waals surface area contributed by atoms with Crippen LogP contribution in [0, 0.1) is 13.8 Å². The van der Waals surface area contributed by atoms with E-state index >= 15 is 0 Å². The van der Waals surface area contributed by atoms with E-state index < -0.39 is 0 Å². The molecular formula is C18H20ClNO2. The lowest BCUT2D eigenvalue weighted by Gasteiger charge is -2.10. The molecule has 0 radical (unpaired) electrons. The lowest BCUT2D eigenvalue weighted by Crippen LogP contribution is -2.13. The molecule has 0 heterocycles. The first-order valence-corrected chi connectivity index (χ1v) is 7.57. The van der Waals surface area contributed by atoms with E-state index in [4.69, 9.17) is 16.3 Å². The van der Waals surface area contributed by atoms with E-state index in [2.05, 4.69) is 11.4 Å². The Kier molecular flexibility index (Phi) is 5.45. The van der Waals surface area contributed by atoms with Gasteiger partial charge in [0.05, 0.1) is 7.11 Å². The van der Waals surface area contributed by atoms with Crippen molar-refractivity contribution in [1.29, 1.82) is 0 Å². The topological polar surface area (TPSA) is 38.3 Å². The molecule has 2 aromatic carbocycles. The predicted molar refractivity (Wildman–Crippen MR) is 90.9 cm³/mol. The molecule has 116 valence electrons. The van der Waals surface area contributed by atoms with Gasteiger partial charge in [0.1, 0.15) is 5.75 Å². The van der Waals surface area contributed by atoms with E-state index in [9.17, 15) is 4.79 Å². The number of hydrogen-bond donors (Lipinski definition) is 1. The van der Waals surface area contributed by atoms with Crippen molar-refractivity contribution in [2.24, 2.45) is 0 Å². The Bertz CT molecular complexity index is 683. The van der Waals surface area contributed by atoms with Crippen molar-refractivity contribution >= 4 is 23.2 Å². The summed E-state index contributed by atoms with van der Waals surface area (Å²) in [5.41, 5.74) is 3.96. The van der Waals surface area contributed by atoms with Gasteiger partial charge in [0.2, 0.25) is 5.91 Å². The van der Waals surface area contributed by atoms with Crippen LogP contribution in [0.15, 0.2) is 36.4 Å². The zero-order chi connectivity index (χ0) is 16.1. The Hall–Kier alpha value is -2.00. The second kappa shape index (κ2) is 7.32. The van der Waals surface area contributed by atoms with Gasteiger partial charge in [-0.05, 0) is 55.2 Å². The Balaban J connectivity index is 1.95. The van der Waals surface area contributed by atoms with E-state index in [1.54, 1.807) is 13.2 Å². The van der Waals surface area contributed by atoms with Crippen molar-refractivity contribution in [3.05, 3.63) is 58.1 Å². The minimum Gasteiger partial charge on any atom is -0.496 e. The molecule has 0 aliphatic carbocycles. The number of halogens is 1. The molecule has 0 aliphatic rings. The van der Waals surface area contributed by atoms with Crippen LogP contribution in [-0.2, 0) is 11.2 Å². The van der Waals surface area contributed by atoms with Crippen LogP contribution in [0.2, 0.25) is 5.02 Å². The van der Waals surface area contributed by atoms with Crippen LogP contribution in [0.5, 0.6) is 5.75 Å². The Morgan fingerprint density at radius 3 is 2.59 bits per heavy atom. The van der Waals surface area contributed by atoms with Crippen LogP contribution in [0.1, 0.15) is 23.1 Å². The molecule has 1 N–H and O–H groups in total. The van der Waals surface area contributed by atoms with Gasteiger partial charge in [-0.25, -0.2) is 0 Å². The number of amides is 1. The van der Waals surface area contributed by atoms with Crippen molar-refractivity contribution in [3.8, 4) is 5.75 Å². The van der Waals surface area contributed by atoms with Gasteiger partial charge < -0.3 is 10.1 Å². The van der Waals surface area contributed by atoms with Crippen molar-refractivity contribution in [1.82, 2.24) is 0 Å². The molecule has 0 atom stereocenters. The molecule has 0 saturated heterocycles. The third-order valence-electron chi connectivity index (χ3n) is 3.57. The fraction of sp³-hybridized carbons (Fsp3) is 0.278. The number of hydrogen-bond acceptors (Lipinski definition) is 2. The quantitative estimate of drug-likeness (QED) is 0.879. The zero-order valence-corrected chi connectivity index (χ0v) is 13.8. The van der Waals surface area contributed by atoms with Gasteiger partial charge in [0, 0.05) is 17.1 Å². The van der Waals surface area contributed by atoms with Crippen molar-refractivity contribution in [2.45, 2.75) is 26.7 Å². The minimum absolute atomic E-state index is 0.0150. The van der Waals surface area contributed by atoms with Crippen molar-refractivity contribution < 1.29 is 9.53 Å². The maximum Gasteiger partial charge on any atom is 0.224 e. The smallest absolute Gasteiger partial charge is 0.224 e. The standard InChI is InChI=1S/C18H20ClNO2/c1-12-4-7-15(19)11-16(12)20-18(21)9-6-14-5-8-17(22-3)13(2)10-14/h4-5,7-8,10-11H,6,9H2,1-3H3,(H,20,21). The summed E-state index contributed by atoms with van der Waals surface area (Å²) in [4.78, 5) is 12.1. The number of rotatable bonds is 5. The van der Waals surface area contributed by atoms with Crippen molar-refractivity contribution in [3.63, 3.8) is 0 Å². The number of ether oxygens (including phenoxy) is 1. The lowest BCUT2D eigenvalue weighted by atomic mass is 10.1. The summed E-state index contributed by atoms with van der Waals surface area (Å²) in [6.07, 6.45) is 1.12. The number of carbonyl (C=O) groups excluding carboxylic acids is 1. The molecule has 0 spiro atoms. The summed E-state index contributed by atoms with van der Waals surface area (Å²) >= 11 is 5.96. The van der Waals surface area contributed by atoms with Gasteiger partial charge in [-0.2, -0.15) is 0 Å². The highest BCUT2D eigenvalue weighted by Gasteiger charge is 2.07. The number of methoxy groups -OCH3 is 1. The van der Waals surface area contributed by atoms with Crippen LogP contribution in [0.3, 0.4) is 0 Å². The summed E-state index contributed by atoms with van der Waals surface area (Å²) in [5, 5.41) is 3.53.